The molecule has 1 aromatic rings. The fourth-order valence-electron chi connectivity index (χ4n) is 5.11. The number of anilines is 1. The molecule has 1 unspecified atom stereocenters. The first-order valence-corrected chi connectivity index (χ1v) is 14.4. The lowest BCUT2D eigenvalue weighted by molar-refractivity contribution is -0.132. The van der Waals surface area contributed by atoms with Gasteiger partial charge in [0.05, 0.1) is 6.04 Å². The minimum atomic E-state index is -0.340. The average Bonchev–Trinajstić information content (AvgIpc) is 2.87. The van der Waals surface area contributed by atoms with Crippen molar-refractivity contribution in [2.75, 3.05) is 18.4 Å². The minimum Gasteiger partial charge on any atom is -0.375 e. The molecule has 0 aliphatic carbocycles. The van der Waals surface area contributed by atoms with Crippen molar-refractivity contribution in [3.8, 4) is 0 Å². The van der Waals surface area contributed by atoms with Crippen molar-refractivity contribution in [2.24, 2.45) is 0 Å². The maximum Gasteiger partial charge on any atom is 0.222 e. The minimum absolute atomic E-state index is 0.0415. The lowest BCUT2D eigenvalue weighted by Gasteiger charge is -2.32. The van der Waals surface area contributed by atoms with E-state index in [1.54, 1.807) is 20.8 Å². The van der Waals surface area contributed by atoms with Gasteiger partial charge in [0.15, 0.2) is 5.78 Å². The highest BCUT2D eigenvalue weighted by molar-refractivity contribution is 5.85. The van der Waals surface area contributed by atoms with Crippen molar-refractivity contribution in [2.45, 2.75) is 123 Å². The van der Waals surface area contributed by atoms with E-state index in [-0.39, 0.29) is 17.6 Å². The topological polar surface area (TPSA) is 83.6 Å². The van der Waals surface area contributed by atoms with Gasteiger partial charge in [-0.2, -0.15) is 0 Å². The summed E-state index contributed by atoms with van der Waals surface area (Å²) in [6.45, 7) is 6.41. The van der Waals surface area contributed by atoms with E-state index in [4.69, 9.17) is 0 Å². The van der Waals surface area contributed by atoms with Crippen LogP contribution < -0.4 is 5.32 Å². The van der Waals surface area contributed by atoms with Crippen LogP contribution in [0.3, 0.4) is 0 Å². The summed E-state index contributed by atoms with van der Waals surface area (Å²) in [5, 5.41) is 3.27. The molecule has 0 bridgehead atoms. The summed E-state index contributed by atoms with van der Waals surface area (Å²) in [6, 6.07) is 7.94. The Morgan fingerprint density at radius 2 is 1.27 bits per heavy atom. The van der Waals surface area contributed by atoms with Crippen LogP contribution in [-0.2, 0) is 19.2 Å². The van der Waals surface area contributed by atoms with Crippen LogP contribution in [0.1, 0.15) is 122 Å². The highest BCUT2D eigenvalue weighted by Gasteiger charge is 2.23. The predicted octanol–water partition coefficient (Wildman–Crippen LogP) is 6.62. The largest absolute Gasteiger partial charge is 0.375 e. The molecule has 1 heterocycles. The summed E-state index contributed by atoms with van der Waals surface area (Å²) in [4.78, 5) is 48.8. The van der Waals surface area contributed by atoms with Gasteiger partial charge in [-0.15, -0.1) is 0 Å². The van der Waals surface area contributed by atoms with Crippen molar-refractivity contribution >= 4 is 28.9 Å². The van der Waals surface area contributed by atoms with E-state index >= 15 is 0 Å². The highest BCUT2D eigenvalue weighted by Crippen LogP contribution is 2.29. The molecule has 0 saturated carbocycles. The number of unbranched alkanes of at least 4 members (excludes halogenated alkanes) is 7. The molecular formula is C31H48N2O4. The van der Waals surface area contributed by atoms with Crippen LogP contribution in [0.25, 0.3) is 0 Å². The molecule has 1 N–H and O–H groups in total. The first-order chi connectivity index (χ1) is 17.8. The normalized spacial score (nSPS) is 14.8. The number of benzene rings is 1. The molecule has 37 heavy (non-hydrogen) atoms. The average molecular weight is 513 g/mol. The van der Waals surface area contributed by atoms with E-state index in [0.29, 0.717) is 36.9 Å². The van der Waals surface area contributed by atoms with Crippen molar-refractivity contribution in [1.82, 2.24) is 4.90 Å². The Morgan fingerprint density at radius 1 is 0.757 bits per heavy atom. The third-order valence-electron chi connectivity index (χ3n) is 7.52. The number of likely N-dealkylation sites (tertiary alicyclic amines) is 1. The van der Waals surface area contributed by atoms with Gasteiger partial charge in [-0.1, -0.05) is 50.7 Å². The maximum absolute atomic E-state index is 12.6. The van der Waals surface area contributed by atoms with E-state index in [0.717, 1.165) is 63.7 Å². The van der Waals surface area contributed by atoms with Gasteiger partial charge in [0.2, 0.25) is 5.91 Å². The molecule has 1 saturated heterocycles. The summed E-state index contributed by atoms with van der Waals surface area (Å²) in [5.41, 5.74) is 2.18. The molecule has 206 valence electrons. The second-order valence-electron chi connectivity index (χ2n) is 10.9. The number of carbonyl (C=O) groups is 4. The Labute approximate surface area is 224 Å². The molecule has 1 aromatic carbocycles. The number of Topliss-reactive ketones (excluding diaryl/α,β-unsaturated/α-hetero) is 3. The van der Waals surface area contributed by atoms with Crippen molar-refractivity contribution in [3.63, 3.8) is 0 Å². The van der Waals surface area contributed by atoms with Gasteiger partial charge >= 0.3 is 0 Å². The summed E-state index contributed by atoms with van der Waals surface area (Å²) in [7, 11) is 0. The van der Waals surface area contributed by atoms with Gasteiger partial charge in [0.1, 0.15) is 11.6 Å². The number of hydrogen-bond acceptors (Lipinski definition) is 5. The number of piperidine rings is 1. The number of amides is 1. The van der Waals surface area contributed by atoms with Crippen LogP contribution in [0, 0.1) is 0 Å². The van der Waals surface area contributed by atoms with E-state index in [9.17, 15) is 19.2 Å². The van der Waals surface area contributed by atoms with Crippen LogP contribution in [0.15, 0.2) is 24.3 Å². The molecule has 1 amide bonds. The number of nitrogens with zero attached hydrogens (tertiary/aromatic N) is 1. The summed E-state index contributed by atoms with van der Waals surface area (Å²) < 4.78 is 0. The lowest BCUT2D eigenvalue weighted by atomic mass is 9.89. The van der Waals surface area contributed by atoms with E-state index in [1.165, 1.54) is 31.2 Å². The molecule has 6 nitrogen and oxygen atoms in total. The molecule has 0 radical (unpaired) electrons. The Kier molecular flexibility index (Phi) is 14.2. The number of carbonyl (C=O) groups excluding carboxylic acids is 4. The standard InChI is InChI=1S/C31H48N2O4/c1-24(34)12-10-8-6-4-5-7-9-11-13-31(37)33-22-20-28(21-23-33)27-15-17-29(18-16-27)32-30(26(3)36)19-14-25(2)35/h15-18,28,30,32H,4-14,19-23H2,1-3H3. The summed E-state index contributed by atoms with van der Waals surface area (Å²) in [6.07, 6.45) is 13.4. The molecule has 1 aliphatic heterocycles. The van der Waals surface area contributed by atoms with Crippen LogP contribution >= 0.6 is 0 Å². The Hall–Kier alpha value is -2.50. The number of rotatable bonds is 18. The first-order valence-electron chi connectivity index (χ1n) is 14.4. The Morgan fingerprint density at radius 3 is 1.78 bits per heavy atom. The Balaban J connectivity index is 1.62. The maximum atomic E-state index is 12.6. The van der Waals surface area contributed by atoms with Gasteiger partial charge in [-0.25, -0.2) is 0 Å². The van der Waals surface area contributed by atoms with Crippen molar-refractivity contribution < 1.29 is 19.2 Å². The second-order valence-corrected chi connectivity index (χ2v) is 10.9. The second kappa shape index (κ2) is 17.1. The molecule has 1 aliphatic rings. The van der Waals surface area contributed by atoms with Gasteiger partial charge < -0.3 is 19.8 Å². The van der Waals surface area contributed by atoms with Crippen LogP contribution in [-0.4, -0.2) is 47.3 Å². The fourth-order valence-corrected chi connectivity index (χ4v) is 5.11. The molecule has 0 spiro atoms. The highest BCUT2D eigenvalue weighted by atomic mass is 16.2. The molecular weight excluding hydrogens is 464 g/mol. The lowest BCUT2D eigenvalue weighted by Crippen LogP contribution is -2.37. The predicted molar refractivity (Wildman–Crippen MR) is 150 cm³/mol. The van der Waals surface area contributed by atoms with Gasteiger partial charge in [-0.05, 0) is 76.5 Å². The SMILES string of the molecule is CC(=O)CCCCCCCCCCC(=O)N1CCC(c2ccc(NC(CCC(C)=O)C(C)=O)cc2)CC1. The monoisotopic (exact) mass is 512 g/mol. The van der Waals surface area contributed by atoms with Crippen LogP contribution in [0.2, 0.25) is 0 Å². The van der Waals surface area contributed by atoms with Gasteiger partial charge in [0.25, 0.3) is 0 Å². The zero-order chi connectivity index (χ0) is 27.0. The van der Waals surface area contributed by atoms with Crippen LogP contribution in [0.4, 0.5) is 5.69 Å². The molecule has 0 aromatic heterocycles. The molecule has 2 rings (SSSR count). The fraction of sp³-hybridized carbons (Fsp3) is 0.677. The van der Waals surface area contributed by atoms with E-state index < -0.39 is 0 Å². The zero-order valence-electron chi connectivity index (χ0n) is 23.4. The number of hydrogen-bond donors (Lipinski definition) is 1. The van der Waals surface area contributed by atoms with E-state index in [1.807, 2.05) is 17.0 Å². The smallest absolute Gasteiger partial charge is 0.222 e. The zero-order valence-corrected chi connectivity index (χ0v) is 23.4. The van der Waals surface area contributed by atoms with Gasteiger partial charge in [-0.3, -0.25) is 9.59 Å². The molecule has 1 fully saturated rings. The van der Waals surface area contributed by atoms with E-state index in [2.05, 4.69) is 17.4 Å². The quantitative estimate of drug-likeness (QED) is 0.223. The third-order valence-corrected chi connectivity index (χ3v) is 7.52. The van der Waals surface area contributed by atoms with Crippen LogP contribution in [0.5, 0.6) is 0 Å². The molecule has 6 heteroatoms. The van der Waals surface area contributed by atoms with Crippen molar-refractivity contribution in [1.29, 1.82) is 0 Å². The summed E-state index contributed by atoms with van der Waals surface area (Å²) in [5.74, 6) is 1.18. The van der Waals surface area contributed by atoms with Gasteiger partial charge in [0, 0.05) is 38.0 Å². The number of ketones is 3. The first kappa shape index (κ1) is 30.7. The summed E-state index contributed by atoms with van der Waals surface area (Å²) >= 11 is 0. The Bertz CT molecular complexity index is 856. The number of nitrogens with one attached hydrogen (secondary N) is 1. The molecule has 1 atom stereocenters. The van der Waals surface area contributed by atoms with Crippen molar-refractivity contribution in [3.05, 3.63) is 29.8 Å². The third kappa shape index (κ3) is 12.5.